The van der Waals surface area contributed by atoms with Gasteiger partial charge in [-0.2, -0.15) is 0 Å². The predicted octanol–water partition coefficient (Wildman–Crippen LogP) is 2.92. The molecule has 4 rings (SSSR count). The van der Waals surface area contributed by atoms with E-state index in [1.165, 1.54) is 18.9 Å². The Kier molecular flexibility index (Phi) is 8.11. The number of methoxy groups -OCH3 is 3. The molecule has 3 heterocycles. The largest absolute Gasteiger partial charge is 0.497 e. The smallest absolute Gasteiger partial charge is 0.338 e. The first-order chi connectivity index (χ1) is 17.8. The molecule has 1 aromatic rings. The summed E-state index contributed by atoms with van der Waals surface area (Å²) in [5.74, 6) is 0.661. The maximum Gasteiger partial charge on any atom is 0.338 e. The number of carbonyl (C=O) groups excluding carboxylic acids is 3. The lowest BCUT2D eigenvalue weighted by Gasteiger charge is -2.38. The number of amidine groups is 1. The summed E-state index contributed by atoms with van der Waals surface area (Å²) in [6, 6.07) is 4.90. The van der Waals surface area contributed by atoms with E-state index in [1.807, 2.05) is 29.4 Å². The Morgan fingerprint density at radius 1 is 1.00 bits per heavy atom. The summed E-state index contributed by atoms with van der Waals surface area (Å²) >= 11 is 1.43. The second kappa shape index (κ2) is 11.3. The summed E-state index contributed by atoms with van der Waals surface area (Å²) in [4.78, 5) is 48.3. The van der Waals surface area contributed by atoms with Gasteiger partial charge in [0.25, 0.3) is 0 Å². The minimum atomic E-state index is -0.581. The van der Waals surface area contributed by atoms with Gasteiger partial charge in [0.15, 0.2) is 5.17 Å². The number of amides is 2. The van der Waals surface area contributed by atoms with Crippen molar-refractivity contribution in [1.29, 1.82) is 0 Å². The van der Waals surface area contributed by atoms with Crippen LogP contribution in [0.15, 0.2) is 45.6 Å². The molecule has 0 unspecified atom stereocenters. The number of ether oxygens (including phenoxy) is 3. The summed E-state index contributed by atoms with van der Waals surface area (Å²) < 4.78 is 16.2. The van der Waals surface area contributed by atoms with E-state index in [2.05, 4.69) is 0 Å². The first-order valence-corrected chi connectivity index (χ1v) is 13.0. The highest BCUT2D eigenvalue weighted by Gasteiger charge is 2.42. The normalized spacial score (nSPS) is 19.3. The molecule has 1 saturated heterocycles. The fraction of sp³-hybridized carbons (Fsp3) is 0.462. The fourth-order valence-electron chi connectivity index (χ4n) is 4.75. The third kappa shape index (κ3) is 5.31. The van der Waals surface area contributed by atoms with Crippen LogP contribution in [0.2, 0.25) is 0 Å². The van der Waals surface area contributed by atoms with E-state index in [0.29, 0.717) is 60.5 Å². The number of nitrogens with zero attached hydrogens (tertiary/aromatic N) is 4. The van der Waals surface area contributed by atoms with E-state index < -0.39 is 12.0 Å². The minimum Gasteiger partial charge on any atom is -0.497 e. The molecule has 0 N–H and O–H groups in total. The minimum absolute atomic E-state index is 0.0154. The van der Waals surface area contributed by atoms with Crippen molar-refractivity contribution in [3.05, 3.63) is 46.1 Å². The lowest BCUT2D eigenvalue weighted by Crippen LogP contribution is -2.50. The number of carbonyl (C=O) groups is 3. The highest BCUT2D eigenvalue weighted by molar-refractivity contribution is 8.16. The molecule has 0 radical (unpaired) electrons. The Hall–Kier alpha value is -3.47. The van der Waals surface area contributed by atoms with Gasteiger partial charge >= 0.3 is 5.97 Å². The third-order valence-corrected chi connectivity index (χ3v) is 7.62. The Labute approximate surface area is 220 Å². The molecule has 1 fully saturated rings. The van der Waals surface area contributed by atoms with Gasteiger partial charge in [-0.15, -0.1) is 0 Å². The molecule has 198 valence electrons. The van der Waals surface area contributed by atoms with Crippen molar-refractivity contribution >= 4 is 34.7 Å². The predicted molar refractivity (Wildman–Crippen MR) is 140 cm³/mol. The van der Waals surface area contributed by atoms with Crippen LogP contribution in [-0.4, -0.2) is 85.2 Å². The molecule has 10 nitrogen and oxygen atoms in total. The Balaban J connectivity index is 1.69. The van der Waals surface area contributed by atoms with Crippen LogP contribution in [0.5, 0.6) is 11.5 Å². The molecule has 37 heavy (non-hydrogen) atoms. The molecule has 3 aliphatic rings. The molecule has 1 atom stereocenters. The number of benzene rings is 1. The van der Waals surface area contributed by atoms with Crippen LogP contribution in [0.3, 0.4) is 0 Å². The van der Waals surface area contributed by atoms with Gasteiger partial charge in [-0.05, 0) is 29.5 Å². The highest BCUT2D eigenvalue weighted by atomic mass is 32.2. The summed E-state index contributed by atoms with van der Waals surface area (Å²) in [6.07, 6.45) is 0.675. The van der Waals surface area contributed by atoms with Crippen LogP contribution in [0, 0.1) is 0 Å². The Morgan fingerprint density at radius 3 is 2.16 bits per heavy atom. The van der Waals surface area contributed by atoms with Crippen molar-refractivity contribution in [2.75, 3.05) is 47.5 Å². The van der Waals surface area contributed by atoms with Gasteiger partial charge in [0.1, 0.15) is 11.5 Å². The van der Waals surface area contributed by atoms with E-state index in [9.17, 15) is 14.4 Å². The maximum absolute atomic E-state index is 13.3. The van der Waals surface area contributed by atoms with E-state index >= 15 is 0 Å². The van der Waals surface area contributed by atoms with Gasteiger partial charge in [-0.25, -0.2) is 9.79 Å². The van der Waals surface area contributed by atoms with Crippen LogP contribution in [0.25, 0.3) is 0 Å². The average Bonchev–Trinajstić information content (AvgIpc) is 3.32. The number of esters is 1. The molecule has 0 bridgehead atoms. The van der Waals surface area contributed by atoms with Crippen molar-refractivity contribution in [3.63, 3.8) is 0 Å². The molecule has 0 spiro atoms. The molecular formula is C26H32N4O6S. The van der Waals surface area contributed by atoms with Crippen LogP contribution in [0.1, 0.15) is 38.3 Å². The van der Waals surface area contributed by atoms with Gasteiger partial charge in [0, 0.05) is 44.9 Å². The molecular weight excluding hydrogens is 496 g/mol. The zero-order valence-corrected chi connectivity index (χ0v) is 22.6. The topological polar surface area (TPSA) is 101 Å². The van der Waals surface area contributed by atoms with Crippen LogP contribution < -0.4 is 9.47 Å². The molecule has 11 heteroatoms. The van der Waals surface area contributed by atoms with Crippen molar-refractivity contribution in [3.8, 4) is 11.5 Å². The second-order valence-electron chi connectivity index (χ2n) is 8.81. The molecule has 3 aliphatic heterocycles. The summed E-state index contributed by atoms with van der Waals surface area (Å²) in [5.41, 5.74) is 2.55. The lowest BCUT2D eigenvalue weighted by molar-refractivity contribution is -0.138. The van der Waals surface area contributed by atoms with Crippen molar-refractivity contribution in [2.45, 2.75) is 32.7 Å². The zero-order valence-electron chi connectivity index (χ0n) is 21.8. The number of aliphatic imine (C=N–C) groups is 1. The number of rotatable bonds is 7. The second-order valence-corrected chi connectivity index (χ2v) is 9.65. The maximum atomic E-state index is 13.3. The number of fused-ring (bicyclic) bond motifs is 1. The van der Waals surface area contributed by atoms with Crippen LogP contribution in [-0.2, 0) is 19.1 Å². The first kappa shape index (κ1) is 26.6. The lowest BCUT2D eigenvalue weighted by atomic mass is 9.92. The number of hydrogen-bond donors (Lipinski definition) is 0. The summed E-state index contributed by atoms with van der Waals surface area (Å²) in [7, 11) is 4.50. The fourth-order valence-corrected chi connectivity index (χ4v) is 5.69. The quantitative estimate of drug-likeness (QED) is 0.498. The monoisotopic (exact) mass is 528 g/mol. The van der Waals surface area contributed by atoms with Gasteiger partial charge < -0.3 is 28.9 Å². The number of hydrogen-bond acceptors (Lipinski definition) is 9. The van der Waals surface area contributed by atoms with Crippen LogP contribution >= 0.6 is 11.8 Å². The van der Waals surface area contributed by atoms with Gasteiger partial charge in [-0.1, -0.05) is 18.7 Å². The van der Waals surface area contributed by atoms with E-state index in [1.54, 1.807) is 37.0 Å². The molecule has 0 saturated carbocycles. The number of thioether (sulfide) groups is 1. The molecule has 1 aromatic carbocycles. The SMILES string of the molecule is CCC1=C(C(=O)OC)[C@H](c2cc(OC)cc(OC)c2)N2C(CC(=O)N3CCN(C(C)=O)CC3)=CSC2=N1. The summed E-state index contributed by atoms with van der Waals surface area (Å²) in [5, 5.41) is 2.61. The average molecular weight is 529 g/mol. The number of allylic oxidation sites excluding steroid dienone is 1. The summed E-state index contributed by atoms with van der Waals surface area (Å²) in [6.45, 7) is 5.51. The Morgan fingerprint density at radius 2 is 1.62 bits per heavy atom. The van der Waals surface area contributed by atoms with Crippen molar-refractivity contribution in [2.24, 2.45) is 4.99 Å². The first-order valence-electron chi connectivity index (χ1n) is 12.1. The van der Waals surface area contributed by atoms with Crippen molar-refractivity contribution < 1.29 is 28.6 Å². The molecule has 0 aliphatic carbocycles. The molecule has 0 aromatic heterocycles. The Bertz CT molecular complexity index is 1160. The van der Waals surface area contributed by atoms with E-state index in [0.717, 1.165) is 11.3 Å². The van der Waals surface area contributed by atoms with Crippen molar-refractivity contribution in [1.82, 2.24) is 14.7 Å². The zero-order chi connectivity index (χ0) is 26.7. The van der Waals surface area contributed by atoms with E-state index in [-0.39, 0.29) is 18.2 Å². The van der Waals surface area contributed by atoms with Crippen LogP contribution in [0.4, 0.5) is 0 Å². The van der Waals surface area contributed by atoms with Gasteiger partial charge in [-0.3, -0.25) is 9.59 Å². The van der Waals surface area contributed by atoms with E-state index in [4.69, 9.17) is 19.2 Å². The highest BCUT2D eigenvalue weighted by Crippen LogP contribution is 2.46. The standard InChI is InChI=1S/C26H32N4O6S/c1-6-21-23(25(33)36-5)24(17-11-19(34-3)14-20(12-17)35-4)30-18(15-37-26(30)27-21)13-22(32)29-9-7-28(8-10-29)16(2)31/h11-12,14-15,24H,6-10,13H2,1-5H3/t24-/m0/s1. The van der Waals surface area contributed by atoms with Gasteiger partial charge in [0.2, 0.25) is 11.8 Å². The van der Waals surface area contributed by atoms with Gasteiger partial charge in [0.05, 0.1) is 45.1 Å². The molecule has 2 amide bonds. The third-order valence-electron chi connectivity index (χ3n) is 6.73. The number of piperazine rings is 1.